The van der Waals surface area contributed by atoms with Gasteiger partial charge < -0.3 is 14.4 Å². The SMILES string of the molecule is COc1cncc(C(=O)C2CC3CCC(C2)N3C(=O)OC(C)(C)C)c1. The number of piperidine rings is 1. The van der Waals surface area contributed by atoms with Gasteiger partial charge in [-0.1, -0.05) is 0 Å². The van der Waals surface area contributed by atoms with Crippen molar-refractivity contribution in [2.45, 2.75) is 64.1 Å². The monoisotopic (exact) mass is 346 g/mol. The van der Waals surface area contributed by atoms with Crippen molar-refractivity contribution < 1.29 is 19.1 Å². The van der Waals surface area contributed by atoms with Crippen molar-refractivity contribution in [2.75, 3.05) is 7.11 Å². The molecule has 2 aliphatic rings. The van der Waals surface area contributed by atoms with Crippen molar-refractivity contribution in [3.8, 4) is 5.75 Å². The average molecular weight is 346 g/mol. The second-order valence-electron chi connectivity index (χ2n) is 7.92. The lowest BCUT2D eigenvalue weighted by Crippen LogP contribution is -2.49. The van der Waals surface area contributed by atoms with Gasteiger partial charge >= 0.3 is 6.09 Å². The molecule has 3 heterocycles. The summed E-state index contributed by atoms with van der Waals surface area (Å²) >= 11 is 0. The van der Waals surface area contributed by atoms with Crippen molar-refractivity contribution in [2.24, 2.45) is 5.92 Å². The van der Waals surface area contributed by atoms with Crippen LogP contribution in [0.5, 0.6) is 5.75 Å². The molecular formula is C19H26N2O4. The molecule has 2 aliphatic heterocycles. The number of pyridine rings is 1. The predicted molar refractivity (Wildman–Crippen MR) is 92.7 cm³/mol. The minimum atomic E-state index is -0.505. The molecule has 2 atom stereocenters. The maximum absolute atomic E-state index is 12.9. The minimum Gasteiger partial charge on any atom is -0.495 e. The smallest absolute Gasteiger partial charge is 0.410 e. The van der Waals surface area contributed by atoms with Crippen LogP contribution in [-0.4, -0.2) is 46.6 Å². The number of ether oxygens (including phenoxy) is 2. The van der Waals surface area contributed by atoms with Crippen LogP contribution in [-0.2, 0) is 4.74 Å². The first-order valence-electron chi connectivity index (χ1n) is 8.83. The molecule has 2 fully saturated rings. The summed E-state index contributed by atoms with van der Waals surface area (Å²) in [6.45, 7) is 5.62. The van der Waals surface area contributed by atoms with Crippen molar-refractivity contribution >= 4 is 11.9 Å². The van der Waals surface area contributed by atoms with Gasteiger partial charge in [0.05, 0.1) is 13.3 Å². The Morgan fingerprint density at radius 3 is 2.36 bits per heavy atom. The fraction of sp³-hybridized carbons (Fsp3) is 0.632. The number of aromatic nitrogens is 1. The highest BCUT2D eigenvalue weighted by Crippen LogP contribution is 2.40. The van der Waals surface area contributed by atoms with Gasteiger partial charge in [-0.15, -0.1) is 0 Å². The van der Waals surface area contributed by atoms with Crippen LogP contribution in [0.15, 0.2) is 18.5 Å². The van der Waals surface area contributed by atoms with E-state index in [-0.39, 0.29) is 29.9 Å². The largest absolute Gasteiger partial charge is 0.495 e. The molecule has 6 heteroatoms. The fourth-order valence-corrected chi connectivity index (χ4v) is 3.90. The summed E-state index contributed by atoms with van der Waals surface area (Å²) in [5.74, 6) is 0.595. The molecule has 1 aromatic heterocycles. The summed E-state index contributed by atoms with van der Waals surface area (Å²) in [5, 5.41) is 0. The number of hydrogen-bond donors (Lipinski definition) is 0. The zero-order valence-corrected chi connectivity index (χ0v) is 15.3. The molecule has 2 unspecified atom stereocenters. The number of hydrogen-bond acceptors (Lipinski definition) is 5. The Morgan fingerprint density at radius 1 is 1.16 bits per heavy atom. The van der Waals surface area contributed by atoms with Crippen molar-refractivity contribution in [3.63, 3.8) is 0 Å². The summed E-state index contributed by atoms with van der Waals surface area (Å²) in [6.07, 6.45) is 6.17. The van der Waals surface area contributed by atoms with Crippen LogP contribution in [0.25, 0.3) is 0 Å². The van der Waals surface area contributed by atoms with Crippen LogP contribution in [0.4, 0.5) is 4.79 Å². The number of ketones is 1. The Morgan fingerprint density at radius 2 is 1.80 bits per heavy atom. The molecule has 0 aromatic carbocycles. The topological polar surface area (TPSA) is 68.7 Å². The molecule has 2 saturated heterocycles. The summed E-state index contributed by atoms with van der Waals surface area (Å²) < 4.78 is 10.7. The lowest BCUT2D eigenvalue weighted by molar-refractivity contribution is 0.00254. The lowest BCUT2D eigenvalue weighted by Gasteiger charge is -2.39. The molecular weight excluding hydrogens is 320 g/mol. The summed E-state index contributed by atoms with van der Waals surface area (Å²) in [5.41, 5.74) is 0.0737. The van der Waals surface area contributed by atoms with E-state index in [1.165, 1.54) is 0 Å². The zero-order valence-electron chi connectivity index (χ0n) is 15.3. The van der Waals surface area contributed by atoms with Crippen LogP contribution in [0.2, 0.25) is 0 Å². The highest BCUT2D eigenvalue weighted by Gasteiger charge is 2.46. The molecule has 0 aliphatic carbocycles. The Bertz CT molecular complexity index is 654. The van der Waals surface area contributed by atoms with Gasteiger partial charge in [-0.25, -0.2) is 4.79 Å². The maximum atomic E-state index is 12.9. The van der Waals surface area contributed by atoms with Crippen LogP contribution < -0.4 is 4.74 Å². The fourth-order valence-electron chi connectivity index (χ4n) is 3.90. The number of amides is 1. The number of methoxy groups -OCH3 is 1. The normalized spacial score (nSPS) is 25.6. The lowest BCUT2D eigenvalue weighted by atomic mass is 9.85. The van der Waals surface area contributed by atoms with Crippen molar-refractivity contribution in [1.82, 2.24) is 9.88 Å². The van der Waals surface area contributed by atoms with E-state index in [4.69, 9.17) is 9.47 Å². The molecule has 1 aromatic rings. The number of Topliss-reactive ketones (excluding diaryl/α,β-unsaturated/α-hetero) is 1. The average Bonchev–Trinajstić information content (AvgIpc) is 2.83. The standard InChI is InChI=1S/C19H26N2O4/c1-19(2,3)25-18(23)21-14-5-6-15(21)8-12(7-14)17(22)13-9-16(24-4)11-20-10-13/h9-12,14-15H,5-8H2,1-4H3. The van der Waals surface area contributed by atoms with E-state index in [1.54, 1.807) is 25.6 Å². The van der Waals surface area contributed by atoms with Crippen LogP contribution >= 0.6 is 0 Å². The van der Waals surface area contributed by atoms with E-state index in [2.05, 4.69) is 4.98 Å². The van der Waals surface area contributed by atoms with Crippen molar-refractivity contribution in [1.29, 1.82) is 0 Å². The minimum absolute atomic E-state index is 0.0786. The second-order valence-corrected chi connectivity index (χ2v) is 7.92. The highest BCUT2D eigenvalue weighted by atomic mass is 16.6. The van der Waals surface area contributed by atoms with E-state index >= 15 is 0 Å². The third-order valence-corrected chi connectivity index (χ3v) is 4.94. The van der Waals surface area contributed by atoms with Crippen molar-refractivity contribution in [3.05, 3.63) is 24.0 Å². The van der Waals surface area contributed by atoms with E-state index < -0.39 is 5.60 Å². The Balaban J connectivity index is 1.71. The summed E-state index contributed by atoms with van der Waals surface area (Å²) in [6, 6.07) is 1.90. The van der Waals surface area contributed by atoms with E-state index in [0.717, 1.165) is 12.8 Å². The van der Waals surface area contributed by atoms with Gasteiger partial charge in [-0.05, 0) is 52.5 Å². The number of carbonyl (C=O) groups excluding carboxylic acids is 2. The quantitative estimate of drug-likeness (QED) is 0.784. The van der Waals surface area contributed by atoms with Gasteiger partial charge in [0.15, 0.2) is 5.78 Å². The molecule has 25 heavy (non-hydrogen) atoms. The van der Waals surface area contributed by atoms with Gasteiger partial charge in [0.2, 0.25) is 0 Å². The van der Waals surface area contributed by atoms with E-state index in [0.29, 0.717) is 24.2 Å². The first-order valence-corrected chi connectivity index (χ1v) is 8.83. The number of fused-ring (bicyclic) bond motifs is 2. The predicted octanol–water partition coefficient (Wildman–Crippen LogP) is 3.45. The first-order chi connectivity index (χ1) is 11.8. The molecule has 0 N–H and O–H groups in total. The van der Waals surface area contributed by atoms with Crippen LogP contribution in [0.1, 0.15) is 56.8 Å². The van der Waals surface area contributed by atoms with Crippen LogP contribution in [0.3, 0.4) is 0 Å². The second kappa shape index (κ2) is 6.65. The zero-order chi connectivity index (χ0) is 18.2. The summed E-state index contributed by atoms with van der Waals surface area (Å²) in [7, 11) is 1.56. The van der Waals surface area contributed by atoms with Gasteiger partial charge in [-0.3, -0.25) is 9.78 Å². The highest BCUT2D eigenvalue weighted by molar-refractivity contribution is 5.98. The number of carbonyl (C=O) groups is 2. The van der Waals surface area contributed by atoms with Gasteiger partial charge in [0, 0.05) is 29.8 Å². The molecule has 1 amide bonds. The molecule has 136 valence electrons. The summed E-state index contributed by atoms with van der Waals surface area (Å²) in [4.78, 5) is 31.3. The molecule has 2 bridgehead atoms. The molecule has 0 spiro atoms. The van der Waals surface area contributed by atoms with E-state index in [9.17, 15) is 9.59 Å². The van der Waals surface area contributed by atoms with Gasteiger partial charge in [0.1, 0.15) is 11.4 Å². The molecule has 6 nitrogen and oxygen atoms in total. The number of nitrogens with zero attached hydrogens (tertiary/aromatic N) is 2. The Kier molecular flexibility index (Phi) is 4.71. The first kappa shape index (κ1) is 17.7. The molecule has 3 rings (SSSR count). The molecule has 0 radical (unpaired) electrons. The van der Waals surface area contributed by atoms with Gasteiger partial charge in [-0.2, -0.15) is 0 Å². The van der Waals surface area contributed by atoms with Gasteiger partial charge in [0.25, 0.3) is 0 Å². The Labute approximate surface area is 148 Å². The Hall–Kier alpha value is -2.11. The number of rotatable bonds is 3. The van der Waals surface area contributed by atoms with Crippen LogP contribution in [0, 0.1) is 5.92 Å². The maximum Gasteiger partial charge on any atom is 0.410 e. The third-order valence-electron chi connectivity index (χ3n) is 4.94. The third kappa shape index (κ3) is 3.78. The van der Waals surface area contributed by atoms with E-state index in [1.807, 2.05) is 25.7 Å². The molecule has 0 saturated carbocycles.